The lowest BCUT2D eigenvalue weighted by Gasteiger charge is -2.02. The summed E-state index contributed by atoms with van der Waals surface area (Å²) in [5.41, 5.74) is 1.16. The molecule has 0 aliphatic rings. The highest BCUT2D eigenvalue weighted by molar-refractivity contribution is 7.99. The van der Waals surface area contributed by atoms with Crippen molar-refractivity contribution in [2.75, 3.05) is 5.75 Å². The maximum absolute atomic E-state index is 10.8. The van der Waals surface area contributed by atoms with Crippen molar-refractivity contribution in [3.8, 4) is 0 Å². The summed E-state index contributed by atoms with van der Waals surface area (Å²) in [4.78, 5) is 11.3. The van der Waals surface area contributed by atoms with Crippen molar-refractivity contribution < 1.29 is 4.92 Å². The monoisotopic (exact) mass is 225 g/mol. The largest absolute Gasteiger partial charge is 0.283 e. The van der Waals surface area contributed by atoms with Crippen LogP contribution in [0.1, 0.15) is 25.3 Å². The lowest BCUT2D eigenvalue weighted by molar-refractivity contribution is -0.387. The second kappa shape index (κ2) is 5.75. The van der Waals surface area contributed by atoms with Gasteiger partial charge < -0.3 is 0 Å². The minimum Gasteiger partial charge on any atom is -0.258 e. The van der Waals surface area contributed by atoms with E-state index in [0.717, 1.165) is 29.1 Å². The van der Waals surface area contributed by atoms with Crippen LogP contribution >= 0.6 is 11.8 Å². The Morgan fingerprint density at radius 3 is 2.80 bits per heavy atom. The molecule has 0 unspecified atom stereocenters. The zero-order valence-electron chi connectivity index (χ0n) is 9.03. The Kier molecular flexibility index (Phi) is 4.62. The molecule has 0 aliphatic carbocycles. The Morgan fingerprint density at radius 1 is 1.47 bits per heavy atom. The molecule has 0 saturated heterocycles. The first kappa shape index (κ1) is 12.0. The van der Waals surface area contributed by atoms with Crippen LogP contribution in [-0.2, 0) is 0 Å². The van der Waals surface area contributed by atoms with Crippen LogP contribution in [0.15, 0.2) is 23.1 Å². The molecule has 0 aliphatic heterocycles. The first-order chi connectivity index (χ1) is 7.15. The lowest BCUT2D eigenvalue weighted by Crippen LogP contribution is -1.92. The highest BCUT2D eigenvalue weighted by Gasteiger charge is 2.13. The number of nitro benzene ring substituents is 1. The van der Waals surface area contributed by atoms with Crippen molar-refractivity contribution in [2.24, 2.45) is 0 Å². The first-order valence-electron chi connectivity index (χ1n) is 5.03. The number of hydrogen-bond donors (Lipinski definition) is 0. The normalized spacial score (nSPS) is 10.3. The zero-order valence-corrected chi connectivity index (χ0v) is 9.84. The van der Waals surface area contributed by atoms with Gasteiger partial charge in [0.1, 0.15) is 0 Å². The second-order valence-corrected chi connectivity index (χ2v) is 4.57. The van der Waals surface area contributed by atoms with E-state index in [2.05, 4.69) is 6.92 Å². The van der Waals surface area contributed by atoms with E-state index in [1.54, 1.807) is 17.8 Å². The predicted octanol–water partition coefficient (Wildman–Crippen LogP) is 3.80. The van der Waals surface area contributed by atoms with Crippen LogP contribution in [0.5, 0.6) is 0 Å². The SMILES string of the molecule is CCCCSc1ccc(C)cc1[N+](=O)[O-]. The molecule has 0 spiro atoms. The van der Waals surface area contributed by atoms with Crippen LogP contribution in [0.4, 0.5) is 5.69 Å². The predicted molar refractivity (Wildman–Crippen MR) is 63.5 cm³/mol. The minimum atomic E-state index is -0.304. The third-order valence-corrected chi connectivity index (χ3v) is 3.22. The molecule has 0 fully saturated rings. The van der Waals surface area contributed by atoms with Crippen LogP contribution in [0, 0.1) is 17.0 Å². The summed E-state index contributed by atoms with van der Waals surface area (Å²) >= 11 is 1.57. The van der Waals surface area contributed by atoms with Crippen molar-refractivity contribution in [1.82, 2.24) is 0 Å². The molecule has 0 amide bonds. The fraction of sp³-hybridized carbons (Fsp3) is 0.455. The van der Waals surface area contributed by atoms with Gasteiger partial charge in [-0.15, -0.1) is 11.8 Å². The smallest absolute Gasteiger partial charge is 0.258 e. The molecule has 1 aromatic carbocycles. The Balaban J connectivity index is 2.81. The summed E-state index contributed by atoms with van der Waals surface area (Å²) in [6, 6.07) is 5.39. The molecule has 0 N–H and O–H groups in total. The van der Waals surface area contributed by atoms with E-state index >= 15 is 0 Å². The van der Waals surface area contributed by atoms with Gasteiger partial charge in [0.15, 0.2) is 0 Å². The highest BCUT2D eigenvalue weighted by atomic mass is 32.2. The van der Waals surface area contributed by atoms with E-state index < -0.39 is 0 Å². The molecule has 0 heterocycles. The standard InChI is InChI=1S/C11H15NO2S/c1-3-4-7-15-11-6-5-9(2)8-10(11)12(13)14/h5-6,8H,3-4,7H2,1-2H3. The van der Waals surface area contributed by atoms with Gasteiger partial charge in [0.05, 0.1) is 9.82 Å². The molecule has 0 aromatic heterocycles. The van der Waals surface area contributed by atoms with Crippen molar-refractivity contribution in [3.63, 3.8) is 0 Å². The van der Waals surface area contributed by atoms with Gasteiger partial charge >= 0.3 is 0 Å². The van der Waals surface area contributed by atoms with Gasteiger partial charge in [-0.2, -0.15) is 0 Å². The van der Waals surface area contributed by atoms with Crippen molar-refractivity contribution in [1.29, 1.82) is 0 Å². The van der Waals surface area contributed by atoms with Gasteiger partial charge in [-0.05, 0) is 30.7 Å². The van der Waals surface area contributed by atoms with E-state index in [1.807, 2.05) is 19.1 Å². The average Bonchev–Trinajstić information content (AvgIpc) is 2.20. The number of nitrogens with zero attached hydrogens (tertiary/aromatic N) is 1. The molecule has 4 heteroatoms. The summed E-state index contributed by atoms with van der Waals surface area (Å²) < 4.78 is 0. The Labute approximate surface area is 94.0 Å². The lowest BCUT2D eigenvalue weighted by atomic mass is 10.2. The van der Waals surface area contributed by atoms with Crippen LogP contribution in [0.3, 0.4) is 0 Å². The Hall–Kier alpha value is -1.03. The molecule has 3 nitrogen and oxygen atoms in total. The summed E-state index contributed by atoms with van der Waals surface area (Å²) in [5.74, 6) is 0.945. The van der Waals surface area contributed by atoms with Crippen molar-refractivity contribution >= 4 is 17.4 Å². The van der Waals surface area contributed by atoms with Gasteiger partial charge in [0.2, 0.25) is 0 Å². The third-order valence-electron chi connectivity index (χ3n) is 2.07. The molecule has 1 rings (SSSR count). The number of aryl methyl sites for hydroxylation is 1. The van der Waals surface area contributed by atoms with E-state index in [1.165, 1.54) is 0 Å². The molecule has 15 heavy (non-hydrogen) atoms. The number of thioether (sulfide) groups is 1. The molecule has 1 aromatic rings. The molecular formula is C11H15NO2S. The summed E-state index contributed by atoms with van der Waals surface area (Å²) in [7, 11) is 0. The van der Waals surface area contributed by atoms with Crippen LogP contribution in [0.2, 0.25) is 0 Å². The molecule has 82 valence electrons. The highest BCUT2D eigenvalue weighted by Crippen LogP contribution is 2.30. The molecule has 0 bridgehead atoms. The molecule has 0 radical (unpaired) electrons. The number of rotatable bonds is 5. The Morgan fingerprint density at radius 2 is 2.20 bits per heavy atom. The number of nitro groups is 1. The fourth-order valence-corrected chi connectivity index (χ4v) is 2.32. The van der Waals surface area contributed by atoms with Crippen LogP contribution in [0.25, 0.3) is 0 Å². The molecular weight excluding hydrogens is 210 g/mol. The fourth-order valence-electron chi connectivity index (χ4n) is 1.22. The van der Waals surface area contributed by atoms with Crippen molar-refractivity contribution in [2.45, 2.75) is 31.6 Å². The molecule has 0 atom stereocenters. The molecule has 0 saturated carbocycles. The van der Waals surface area contributed by atoms with Crippen molar-refractivity contribution in [3.05, 3.63) is 33.9 Å². The summed E-state index contributed by atoms with van der Waals surface area (Å²) in [5, 5.41) is 10.8. The second-order valence-electron chi connectivity index (χ2n) is 3.43. The van der Waals surface area contributed by atoms with E-state index in [-0.39, 0.29) is 10.6 Å². The first-order valence-corrected chi connectivity index (χ1v) is 6.01. The zero-order chi connectivity index (χ0) is 11.3. The van der Waals surface area contributed by atoms with Gasteiger partial charge in [-0.1, -0.05) is 19.4 Å². The maximum atomic E-state index is 10.8. The van der Waals surface area contributed by atoms with Gasteiger partial charge in [0.25, 0.3) is 5.69 Å². The van der Waals surface area contributed by atoms with Crippen LogP contribution < -0.4 is 0 Å². The minimum absolute atomic E-state index is 0.233. The summed E-state index contributed by atoms with van der Waals surface area (Å²) in [6.07, 6.45) is 2.21. The number of hydrogen-bond acceptors (Lipinski definition) is 3. The van der Waals surface area contributed by atoms with Gasteiger partial charge in [-0.25, -0.2) is 0 Å². The van der Waals surface area contributed by atoms with Crippen LogP contribution in [-0.4, -0.2) is 10.7 Å². The van der Waals surface area contributed by atoms with E-state index in [0.29, 0.717) is 0 Å². The topological polar surface area (TPSA) is 43.1 Å². The quantitative estimate of drug-likeness (QED) is 0.331. The summed E-state index contributed by atoms with van der Waals surface area (Å²) in [6.45, 7) is 3.98. The average molecular weight is 225 g/mol. The van der Waals surface area contributed by atoms with E-state index in [9.17, 15) is 10.1 Å². The number of benzene rings is 1. The van der Waals surface area contributed by atoms with E-state index in [4.69, 9.17) is 0 Å². The number of unbranched alkanes of at least 4 members (excludes halogenated alkanes) is 1. The maximum Gasteiger partial charge on any atom is 0.283 e. The van der Waals surface area contributed by atoms with Gasteiger partial charge in [0, 0.05) is 6.07 Å². The third kappa shape index (κ3) is 3.55. The van der Waals surface area contributed by atoms with Gasteiger partial charge in [-0.3, -0.25) is 10.1 Å². The Bertz CT molecular complexity index is 352.